The van der Waals surface area contributed by atoms with Crippen LogP contribution < -0.4 is 4.72 Å². The van der Waals surface area contributed by atoms with Crippen LogP contribution in [0.2, 0.25) is 0 Å². The summed E-state index contributed by atoms with van der Waals surface area (Å²) >= 11 is 1.10. The van der Waals surface area contributed by atoms with Crippen molar-refractivity contribution in [2.75, 3.05) is 4.72 Å². The zero-order chi connectivity index (χ0) is 13.2. The van der Waals surface area contributed by atoms with Crippen LogP contribution in [0.5, 0.6) is 0 Å². The van der Waals surface area contributed by atoms with Crippen LogP contribution in [0, 0.1) is 0 Å². The molecule has 0 aliphatic carbocycles. The molecule has 0 fully saturated rings. The molecule has 0 bridgehead atoms. The fraction of sp³-hybridized carbons (Fsp3) is 0.200. The van der Waals surface area contributed by atoms with Gasteiger partial charge in [0, 0.05) is 0 Å². The average Bonchev–Trinajstić information content (AvgIpc) is 2.81. The van der Waals surface area contributed by atoms with Gasteiger partial charge in [0.15, 0.2) is 0 Å². The third-order valence-electron chi connectivity index (χ3n) is 2.25. The smallest absolute Gasteiger partial charge is 0.263 e. The van der Waals surface area contributed by atoms with Crippen molar-refractivity contribution in [3.63, 3.8) is 0 Å². The van der Waals surface area contributed by atoms with Gasteiger partial charge >= 0.3 is 0 Å². The molecule has 0 aliphatic heterocycles. The Morgan fingerprint density at radius 3 is 2.50 bits per heavy atom. The Bertz CT molecular complexity index is 606. The zero-order valence-electron chi connectivity index (χ0n) is 9.44. The lowest BCUT2D eigenvalue weighted by Crippen LogP contribution is -2.12. The first-order valence-corrected chi connectivity index (χ1v) is 7.42. The summed E-state index contributed by atoms with van der Waals surface area (Å²) < 4.78 is 26.2. The van der Waals surface area contributed by atoms with Crippen LogP contribution in [0.15, 0.2) is 34.7 Å². The third-order valence-corrected chi connectivity index (χ3v) is 4.35. The van der Waals surface area contributed by atoms with E-state index in [9.17, 15) is 13.5 Å². The van der Waals surface area contributed by atoms with Crippen molar-refractivity contribution in [1.29, 1.82) is 0 Å². The second kappa shape index (κ2) is 5.01. The van der Waals surface area contributed by atoms with Crippen LogP contribution in [0.3, 0.4) is 0 Å². The first kappa shape index (κ1) is 12.9. The largest absolute Gasteiger partial charge is 0.389 e. The van der Waals surface area contributed by atoms with Gasteiger partial charge in [-0.15, -0.1) is 10.2 Å². The summed E-state index contributed by atoms with van der Waals surface area (Å²) in [5.41, 5.74) is 2.10. The summed E-state index contributed by atoms with van der Waals surface area (Å²) in [5.74, 6) is 0. The van der Waals surface area contributed by atoms with Crippen molar-refractivity contribution in [2.24, 2.45) is 0 Å². The zero-order valence-corrected chi connectivity index (χ0v) is 11.1. The van der Waals surface area contributed by atoms with Crippen molar-refractivity contribution in [3.8, 4) is 0 Å². The third kappa shape index (κ3) is 2.84. The Labute approximate surface area is 108 Å². The molecule has 0 saturated carbocycles. The van der Waals surface area contributed by atoms with Gasteiger partial charge in [0.05, 0.1) is 11.0 Å². The number of aliphatic hydroxyl groups excluding tert-OH is 1. The Kier molecular flexibility index (Phi) is 3.60. The molecule has 1 aromatic heterocycles. The molecule has 0 radical (unpaired) electrons. The fourth-order valence-corrected chi connectivity index (χ4v) is 3.01. The van der Waals surface area contributed by atoms with Crippen molar-refractivity contribution in [3.05, 3.63) is 35.3 Å². The number of nitrogens with zero attached hydrogens (tertiary/aromatic N) is 2. The van der Waals surface area contributed by atoms with Crippen LogP contribution in [0.25, 0.3) is 0 Å². The molecule has 1 aromatic carbocycles. The summed E-state index contributed by atoms with van der Waals surface area (Å²) in [6.45, 7) is 1.61. The van der Waals surface area contributed by atoms with Crippen LogP contribution in [0.4, 0.5) is 5.13 Å². The molecule has 8 heteroatoms. The number of nitrogens with one attached hydrogen (secondary N) is 1. The first-order chi connectivity index (χ1) is 8.49. The SMILES string of the molecule is CC(O)c1ccc(S(=O)(=O)Nc2nncs2)cc1. The average molecular weight is 285 g/mol. The van der Waals surface area contributed by atoms with E-state index in [-0.39, 0.29) is 10.0 Å². The minimum Gasteiger partial charge on any atom is -0.389 e. The summed E-state index contributed by atoms with van der Waals surface area (Å²) in [4.78, 5) is 0.113. The molecule has 18 heavy (non-hydrogen) atoms. The molecule has 6 nitrogen and oxygen atoms in total. The van der Waals surface area contributed by atoms with Gasteiger partial charge < -0.3 is 5.11 Å². The maximum atomic E-state index is 11.9. The minimum absolute atomic E-state index is 0.113. The van der Waals surface area contributed by atoms with E-state index in [1.54, 1.807) is 19.1 Å². The van der Waals surface area contributed by atoms with Gasteiger partial charge in [-0.05, 0) is 24.6 Å². The van der Waals surface area contributed by atoms with Gasteiger partial charge in [0.2, 0.25) is 5.13 Å². The summed E-state index contributed by atoms with van der Waals surface area (Å²) in [6, 6.07) is 6.01. The number of rotatable bonds is 4. The van der Waals surface area contributed by atoms with E-state index in [1.807, 2.05) is 0 Å². The van der Waals surface area contributed by atoms with Gasteiger partial charge in [-0.2, -0.15) is 0 Å². The second-order valence-corrected chi connectivity index (χ2v) is 6.11. The van der Waals surface area contributed by atoms with E-state index >= 15 is 0 Å². The normalized spacial score (nSPS) is 13.2. The summed E-state index contributed by atoms with van der Waals surface area (Å²) in [5, 5.41) is 16.7. The predicted octanol–water partition coefficient (Wildman–Crippen LogP) is 1.39. The van der Waals surface area contributed by atoms with E-state index in [0.29, 0.717) is 5.56 Å². The number of hydrogen-bond donors (Lipinski definition) is 2. The van der Waals surface area contributed by atoms with E-state index in [0.717, 1.165) is 11.3 Å². The van der Waals surface area contributed by atoms with Crippen LogP contribution in [-0.4, -0.2) is 23.7 Å². The molecule has 0 saturated heterocycles. The number of anilines is 1. The van der Waals surface area contributed by atoms with Crippen LogP contribution >= 0.6 is 11.3 Å². The maximum Gasteiger partial charge on any atom is 0.263 e. The Hall–Kier alpha value is -1.51. The molecule has 0 aliphatic rings. The number of sulfonamides is 1. The van der Waals surface area contributed by atoms with Gasteiger partial charge in [-0.1, -0.05) is 23.5 Å². The summed E-state index contributed by atoms with van der Waals surface area (Å²) in [7, 11) is -3.65. The van der Waals surface area contributed by atoms with E-state index in [2.05, 4.69) is 14.9 Å². The first-order valence-electron chi connectivity index (χ1n) is 5.06. The molecule has 1 heterocycles. The van der Waals surface area contributed by atoms with E-state index in [4.69, 9.17) is 0 Å². The van der Waals surface area contributed by atoms with Crippen molar-refractivity contribution >= 4 is 26.5 Å². The molecule has 1 atom stereocenters. The lowest BCUT2D eigenvalue weighted by atomic mass is 10.1. The molecule has 2 aromatic rings. The maximum absolute atomic E-state index is 11.9. The Morgan fingerprint density at radius 2 is 2.00 bits per heavy atom. The molecule has 0 spiro atoms. The highest BCUT2D eigenvalue weighted by Crippen LogP contribution is 2.19. The van der Waals surface area contributed by atoms with Gasteiger partial charge in [-0.3, -0.25) is 4.72 Å². The minimum atomic E-state index is -3.65. The lowest BCUT2D eigenvalue weighted by molar-refractivity contribution is 0.199. The monoisotopic (exact) mass is 285 g/mol. The topological polar surface area (TPSA) is 92.2 Å². The van der Waals surface area contributed by atoms with Crippen molar-refractivity contribution < 1.29 is 13.5 Å². The van der Waals surface area contributed by atoms with Gasteiger partial charge in [-0.25, -0.2) is 8.42 Å². The molecular formula is C10H11N3O3S2. The number of aliphatic hydroxyl groups is 1. The van der Waals surface area contributed by atoms with Crippen molar-refractivity contribution in [1.82, 2.24) is 10.2 Å². The molecular weight excluding hydrogens is 274 g/mol. The molecule has 0 amide bonds. The van der Waals surface area contributed by atoms with E-state index in [1.165, 1.54) is 17.6 Å². The fourth-order valence-electron chi connectivity index (χ4n) is 1.32. The standard InChI is InChI=1S/C10H11N3O3S2/c1-7(14)8-2-4-9(5-3-8)18(15,16)13-10-12-11-6-17-10/h2-7,14H,1H3,(H,12,13). The number of benzene rings is 1. The number of hydrogen-bond acceptors (Lipinski definition) is 6. The highest BCUT2D eigenvalue weighted by atomic mass is 32.2. The molecule has 1 unspecified atom stereocenters. The Morgan fingerprint density at radius 1 is 1.33 bits per heavy atom. The van der Waals surface area contributed by atoms with Gasteiger partial charge in [0.1, 0.15) is 5.51 Å². The van der Waals surface area contributed by atoms with Gasteiger partial charge in [0.25, 0.3) is 10.0 Å². The number of aromatic nitrogens is 2. The predicted molar refractivity (Wildman–Crippen MR) is 67.8 cm³/mol. The highest BCUT2D eigenvalue weighted by molar-refractivity contribution is 7.93. The Balaban J connectivity index is 2.25. The molecule has 96 valence electrons. The highest BCUT2D eigenvalue weighted by Gasteiger charge is 2.15. The summed E-state index contributed by atoms with van der Waals surface area (Å²) in [6.07, 6.45) is -0.627. The quantitative estimate of drug-likeness (QED) is 0.885. The van der Waals surface area contributed by atoms with E-state index < -0.39 is 16.1 Å². The van der Waals surface area contributed by atoms with Crippen molar-refractivity contribution in [2.45, 2.75) is 17.9 Å². The van der Waals surface area contributed by atoms with Crippen LogP contribution in [-0.2, 0) is 10.0 Å². The van der Waals surface area contributed by atoms with Crippen LogP contribution in [0.1, 0.15) is 18.6 Å². The molecule has 2 rings (SSSR count). The second-order valence-electron chi connectivity index (χ2n) is 3.59. The molecule has 2 N–H and O–H groups in total. The lowest BCUT2D eigenvalue weighted by Gasteiger charge is -2.07.